The first-order valence-electron chi connectivity index (χ1n) is 8.14. The molecule has 144 valence electrons. The SMILES string of the molecule is COc1ccc2cc(C(=O)N3CCC(C(=O)O)(C(F)(F)F)C3)c(C)nc2c1. The lowest BCUT2D eigenvalue weighted by molar-refractivity contribution is -0.227. The molecular weight excluding hydrogens is 365 g/mol. The summed E-state index contributed by atoms with van der Waals surface area (Å²) in [7, 11) is 1.51. The first-order valence-corrected chi connectivity index (χ1v) is 8.14. The van der Waals surface area contributed by atoms with Crippen molar-refractivity contribution >= 4 is 22.8 Å². The maximum atomic E-state index is 13.3. The van der Waals surface area contributed by atoms with Gasteiger partial charge in [-0.2, -0.15) is 13.2 Å². The Morgan fingerprint density at radius 1 is 1.30 bits per heavy atom. The van der Waals surface area contributed by atoms with Crippen molar-refractivity contribution in [2.45, 2.75) is 19.5 Å². The minimum absolute atomic E-state index is 0.149. The fourth-order valence-electron chi connectivity index (χ4n) is 3.27. The Bertz CT molecular complexity index is 929. The molecule has 1 unspecified atom stereocenters. The highest BCUT2D eigenvalue weighted by molar-refractivity contribution is 5.99. The van der Waals surface area contributed by atoms with E-state index in [1.54, 1.807) is 31.2 Å². The molecule has 1 fully saturated rings. The number of rotatable bonds is 3. The fraction of sp³-hybridized carbons (Fsp3) is 0.389. The van der Waals surface area contributed by atoms with Crippen molar-refractivity contribution in [2.24, 2.45) is 5.41 Å². The van der Waals surface area contributed by atoms with E-state index in [-0.39, 0.29) is 12.1 Å². The predicted molar refractivity (Wildman–Crippen MR) is 89.7 cm³/mol. The van der Waals surface area contributed by atoms with Crippen LogP contribution in [0, 0.1) is 12.3 Å². The van der Waals surface area contributed by atoms with Gasteiger partial charge in [0.1, 0.15) is 5.75 Å². The third-order valence-electron chi connectivity index (χ3n) is 4.95. The van der Waals surface area contributed by atoms with Crippen LogP contribution in [0.5, 0.6) is 5.75 Å². The number of methoxy groups -OCH3 is 1. The van der Waals surface area contributed by atoms with Gasteiger partial charge in [0.15, 0.2) is 5.41 Å². The number of carbonyl (C=O) groups is 2. The largest absolute Gasteiger partial charge is 0.497 e. The molecule has 0 radical (unpaired) electrons. The number of hydrogen-bond acceptors (Lipinski definition) is 4. The third kappa shape index (κ3) is 3.07. The maximum absolute atomic E-state index is 13.3. The average Bonchev–Trinajstić information content (AvgIpc) is 3.07. The summed E-state index contributed by atoms with van der Waals surface area (Å²) in [6, 6.07) is 6.61. The summed E-state index contributed by atoms with van der Waals surface area (Å²) < 4.78 is 45.1. The zero-order valence-electron chi connectivity index (χ0n) is 14.6. The van der Waals surface area contributed by atoms with Crippen LogP contribution in [0.1, 0.15) is 22.5 Å². The van der Waals surface area contributed by atoms with Crippen LogP contribution < -0.4 is 4.74 Å². The van der Waals surface area contributed by atoms with Gasteiger partial charge in [-0.25, -0.2) is 0 Å². The van der Waals surface area contributed by atoms with Gasteiger partial charge in [-0.1, -0.05) is 0 Å². The number of aromatic nitrogens is 1. The molecule has 1 aliphatic rings. The normalized spacial score (nSPS) is 20.1. The molecule has 1 N–H and O–H groups in total. The molecule has 1 amide bonds. The number of halogens is 3. The van der Waals surface area contributed by atoms with Gasteiger partial charge in [-0.05, 0) is 31.5 Å². The molecule has 1 aromatic carbocycles. The summed E-state index contributed by atoms with van der Waals surface area (Å²) in [5, 5.41) is 9.76. The maximum Gasteiger partial charge on any atom is 0.406 e. The van der Waals surface area contributed by atoms with E-state index in [0.29, 0.717) is 22.3 Å². The van der Waals surface area contributed by atoms with E-state index < -0.39 is 36.4 Å². The highest BCUT2D eigenvalue weighted by Crippen LogP contribution is 2.46. The van der Waals surface area contributed by atoms with Gasteiger partial charge in [0.05, 0.1) is 23.9 Å². The van der Waals surface area contributed by atoms with Gasteiger partial charge < -0.3 is 14.7 Å². The summed E-state index contributed by atoms with van der Waals surface area (Å²) in [5.41, 5.74) is -1.86. The number of pyridine rings is 1. The van der Waals surface area contributed by atoms with Crippen LogP contribution in [0.15, 0.2) is 24.3 Å². The Morgan fingerprint density at radius 3 is 2.56 bits per heavy atom. The number of aryl methyl sites for hydroxylation is 1. The van der Waals surface area contributed by atoms with Gasteiger partial charge >= 0.3 is 12.1 Å². The number of fused-ring (bicyclic) bond motifs is 1. The number of amides is 1. The van der Waals surface area contributed by atoms with Crippen molar-refractivity contribution in [3.8, 4) is 5.75 Å². The van der Waals surface area contributed by atoms with Crippen LogP contribution in [0.3, 0.4) is 0 Å². The smallest absolute Gasteiger partial charge is 0.406 e. The van der Waals surface area contributed by atoms with Crippen molar-refractivity contribution in [1.82, 2.24) is 9.88 Å². The Hall–Kier alpha value is -2.84. The summed E-state index contributed by atoms with van der Waals surface area (Å²) in [5.74, 6) is -2.04. The molecule has 0 spiro atoms. The van der Waals surface area contributed by atoms with Crippen LogP contribution in [0.4, 0.5) is 13.2 Å². The topological polar surface area (TPSA) is 79.7 Å². The molecule has 1 aliphatic heterocycles. The molecule has 6 nitrogen and oxygen atoms in total. The molecule has 1 aromatic heterocycles. The number of carboxylic acids is 1. The molecule has 2 heterocycles. The van der Waals surface area contributed by atoms with E-state index in [9.17, 15) is 22.8 Å². The molecule has 1 atom stereocenters. The second-order valence-electron chi connectivity index (χ2n) is 6.54. The lowest BCUT2D eigenvalue weighted by Crippen LogP contribution is -2.47. The fourth-order valence-corrected chi connectivity index (χ4v) is 3.27. The number of carbonyl (C=O) groups excluding carboxylic acids is 1. The number of carboxylic acid groups (broad SMARTS) is 1. The summed E-state index contributed by atoms with van der Waals surface area (Å²) in [6.45, 7) is 0.381. The first-order chi connectivity index (χ1) is 12.6. The Kier molecular flexibility index (Phi) is 4.49. The lowest BCUT2D eigenvalue weighted by Gasteiger charge is -2.27. The molecule has 2 aromatic rings. The van der Waals surface area contributed by atoms with Crippen molar-refractivity contribution in [3.63, 3.8) is 0 Å². The number of benzene rings is 1. The van der Waals surface area contributed by atoms with Crippen LogP contribution in [0.25, 0.3) is 10.9 Å². The quantitative estimate of drug-likeness (QED) is 0.883. The zero-order valence-corrected chi connectivity index (χ0v) is 14.6. The predicted octanol–water partition coefficient (Wildman–Crippen LogP) is 3.03. The van der Waals surface area contributed by atoms with Crippen molar-refractivity contribution in [2.75, 3.05) is 20.2 Å². The minimum atomic E-state index is -4.94. The number of likely N-dealkylation sites (tertiary alicyclic amines) is 1. The Morgan fingerprint density at radius 2 is 2.00 bits per heavy atom. The van der Waals surface area contributed by atoms with E-state index in [1.165, 1.54) is 7.11 Å². The second kappa shape index (κ2) is 6.40. The van der Waals surface area contributed by atoms with Crippen LogP contribution >= 0.6 is 0 Å². The average molecular weight is 382 g/mol. The molecular formula is C18H17F3N2O4. The minimum Gasteiger partial charge on any atom is -0.497 e. The lowest BCUT2D eigenvalue weighted by atomic mass is 9.86. The van der Waals surface area contributed by atoms with Gasteiger partial charge in [-0.15, -0.1) is 0 Å². The number of alkyl halides is 3. The zero-order chi connectivity index (χ0) is 20.0. The third-order valence-corrected chi connectivity index (χ3v) is 4.95. The first kappa shape index (κ1) is 18.9. The molecule has 9 heteroatoms. The Labute approximate surface area is 152 Å². The monoisotopic (exact) mass is 382 g/mol. The van der Waals surface area contributed by atoms with Gasteiger partial charge in [0.2, 0.25) is 0 Å². The molecule has 1 saturated heterocycles. The highest BCUT2D eigenvalue weighted by Gasteiger charge is 2.64. The number of nitrogens with zero attached hydrogens (tertiary/aromatic N) is 2. The summed E-state index contributed by atoms with van der Waals surface area (Å²) in [4.78, 5) is 29.3. The van der Waals surface area contributed by atoms with Gasteiger partial charge in [0.25, 0.3) is 5.91 Å². The van der Waals surface area contributed by atoms with E-state index in [2.05, 4.69) is 4.98 Å². The summed E-state index contributed by atoms with van der Waals surface area (Å²) >= 11 is 0. The van der Waals surface area contributed by atoms with E-state index in [1.807, 2.05) is 0 Å². The molecule has 0 aliphatic carbocycles. The van der Waals surface area contributed by atoms with Gasteiger partial charge in [0, 0.05) is 24.5 Å². The molecule has 3 rings (SSSR count). The Balaban J connectivity index is 1.95. The highest BCUT2D eigenvalue weighted by atomic mass is 19.4. The van der Waals surface area contributed by atoms with Crippen molar-refractivity contribution in [1.29, 1.82) is 0 Å². The van der Waals surface area contributed by atoms with Crippen LogP contribution in [-0.2, 0) is 4.79 Å². The van der Waals surface area contributed by atoms with Crippen LogP contribution in [0.2, 0.25) is 0 Å². The standard InChI is InChI=1S/C18H17F3N2O4/c1-10-13(7-11-3-4-12(27-2)8-14(11)22-10)15(24)23-6-5-17(9-23,16(25)26)18(19,20)21/h3-4,7-8H,5-6,9H2,1-2H3,(H,25,26). The molecule has 27 heavy (non-hydrogen) atoms. The number of aliphatic carboxylic acids is 1. The number of hydrogen-bond donors (Lipinski definition) is 1. The van der Waals surface area contributed by atoms with E-state index >= 15 is 0 Å². The number of ether oxygens (including phenoxy) is 1. The molecule has 0 saturated carbocycles. The van der Waals surface area contributed by atoms with E-state index in [0.717, 1.165) is 4.90 Å². The van der Waals surface area contributed by atoms with Crippen LogP contribution in [-0.4, -0.2) is 53.2 Å². The second-order valence-corrected chi connectivity index (χ2v) is 6.54. The van der Waals surface area contributed by atoms with Crippen molar-refractivity contribution < 1.29 is 32.6 Å². The van der Waals surface area contributed by atoms with Crippen molar-refractivity contribution in [3.05, 3.63) is 35.5 Å². The summed E-state index contributed by atoms with van der Waals surface area (Å²) in [6.07, 6.45) is -5.62. The molecule has 0 bridgehead atoms. The van der Waals surface area contributed by atoms with E-state index in [4.69, 9.17) is 9.84 Å². The van der Waals surface area contributed by atoms with Gasteiger partial charge in [-0.3, -0.25) is 14.6 Å².